The van der Waals surface area contributed by atoms with E-state index in [4.69, 9.17) is 10.2 Å². The number of rotatable bonds is 6. The highest BCUT2D eigenvalue weighted by Gasteiger charge is 2.41. The van der Waals surface area contributed by atoms with Crippen LogP contribution in [0.2, 0.25) is 0 Å². The number of furan rings is 1. The summed E-state index contributed by atoms with van der Waals surface area (Å²) in [6.07, 6.45) is -2.81. The lowest BCUT2D eigenvalue weighted by molar-refractivity contribution is -0.152. The standard InChI is InChI=1S/C26H22F3N7O2/c1-14-11-20(23(38-14)26(27,28)29)36(25(30)37)24-18-12-17(9-10-19(18)31-33-24)21-22(16-7-8-16)35(34-32-21)13-15-5-3-2-4-6-15/h2-6,9-12,16H,7-8,13H2,1H3,(H2,30,37)(H,31,33). The molecule has 0 bridgehead atoms. The van der Waals surface area contributed by atoms with Gasteiger partial charge in [-0.3, -0.25) is 5.10 Å². The van der Waals surface area contributed by atoms with E-state index in [1.54, 1.807) is 12.1 Å². The zero-order valence-corrected chi connectivity index (χ0v) is 20.2. The van der Waals surface area contributed by atoms with Crippen molar-refractivity contribution in [3.05, 3.63) is 77.4 Å². The summed E-state index contributed by atoms with van der Waals surface area (Å²) in [5.74, 6) is -1.12. The average Bonchev–Trinajstić information content (AvgIpc) is 3.30. The van der Waals surface area contributed by atoms with Crippen LogP contribution >= 0.6 is 0 Å². The number of urea groups is 1. The maximum Gasteiger partial charge on any atom is 0.451 e. The molecule has 2 amide bonds. The van der Waals surface area contributed by atoms with Gasteiger partial charge in [0.05, 0.1) is 17.8 Å². The van der Waals surface area contributed by atoms with E-state index in [9.17, 15) is 18.0 Å². The first kappa shape index (κ1) is 23.8. The Labute approximate surface area is 214 Å². The van der Waals surface area contributed by atoms with Crippen LogP contribution in [0.1, 0.15) is 41.5 Å². The van der Waals surface area contributed by atoms with Gasteiger partial charge in [0.2, 0.25) is 5.76 Å². The molecular formula is C26H22F3N7O2. The van der Waals surface area contributed by atoms with Crippen LogP contribution in [0, 0.1) is 6.92 Å². The molecule has 1 aliphatic rings. The SMILES string of the molecule is Cc1cc(N(C(N)=O)c2n[nH]c3ccc(-c4nnn(Cc5ccccc5)c4C4CC4)cc23)c(C(F)(F)F)o1. The predicted octanol–water partition coefficient (Wildman–Crippen LogP) is 5.88. The number of primary amides is 1. The maximum atomic E-state index is 13.7. The minimum absolute atomic E-state index is 0.0248. The second kappa shape index (κ2) is 8.75. The van der Waals surface area contributed by atoms with E-state index >= 15 is 0 Å². The largest absolute Gasteiger partial charge is 0.455 e. The summed E-state index contributed by atoms with van der Waals surface area (Å²) in [5, 5.41) is 16.2. The van der Waals surface area contributed by atoms with Gasteiger partial charge in [0.1, 0.15) is 17.1 Å². The van der Waals surface area contributed by atoms with Crippen LogP contribution < -0.4 is 10.6 Å². The number of aromatic amines is 1. The smallest absolute Gasteiger partial charge is 0.451 e. The highest BCUT2D eigenvalue weighted by atomic mass is 19.4. The minimum atomic E-state index is -4.84. The number of hydrogen-bond donors (Lipinski definition) is 2. The molecule has 0 saturated heterocycles. The minimum Gasteiger partial charge on any atom is -0.455 e. The van der Waals surface area contributed by atoms with Crippen LogP contribution in [0.15, 0.2) is 59.0 Å². The van der Waals surface area contributed by atoms with Crippen molar-refractivity contribution in [3.8, 4) is 11.3 Å². The Bertz CT molecular complexity index is 1650. The van der Waals surface area contributed by atoms with Crippen molar-refractivity contribution in [1.82, 2.24) is 25.2 Å². The summed E-state index contributed by atoms with van der Waals surface area (Å²) in [6, 6.07) is 15.2. The lowest BCUT2D eigenvalue weighted by atomic mass is 10.0. The van der Waals surface area contributed by atoms with Gasteiger partial charge in [-0.05, 0) is 37.5 Å². The van der Waals surface area contributed by atoms with Crippen molar-refractivity contribution in [2.45, 2.75) is 38.4 Å². The van der Waals surface area contributed by atoms with Gasteiger partial charge in [0.15, 0.2) is 5.82 Å². The number of aryl methyl sites for hydroxylation is 1. The molecular weight excluding hydrogens is 499 g/mol. The third-order valence-corrected chi connectivity index (χ3v) is 6.49. The number of fused-ring (bicyclic) bond motifs is 1. The van der Waals surface area contributed by atoms with Crippen LogP contribution in [0.3, 0.4) is 0 Å². The average molecular weight is 522 g/mol. The quantitative estimate of drug-likeness (QED) is 0.289. The fourth-order valence-corrected chi connectivity index (χ4v) is 4.69. The zero-order chi connectivity index (χ0) is 26.6. The number of nitrogens with two attached hydrogens (primary N) is 1. The summed E-state index contributed by atoms with van der Waals surface area (Å²) in [7, 11) is 0. The first-order chi connectivity index (χ1) is 18.2. The van der Waals surface area contributed by atoms with Crippen LogP contribution in [-0.2, 0) is 12.7 Å². The number of alkyl halides is 3. The first-order valence-electron chi connectivity index (χ1n) is 11.9. The Balaban J connectivity index is 1.45. The molecule has 1 aliphatic carbocycles. The molecule has 1 fully saturated rings. The lowest BCUT2D eigenvalue weighted by Crippen LogP contribution is -2.33. The molecule has 0 spiro atoms. The summed E-state index contributed by atoms with van der Waals surface area (Å²) in [4.78, 5) is 13.2. The van der Waals surface area contributed by atoms with E-state index in [-0.39, 0.29) is 11.6 Å². The number of nitrogens with one attached hydrogen (secondary N) is 1. The Morgan fingerprint density at radius 2 is 1.95 bits per heavy atom. The van der Waals surface area contributed by atoms with Gasteiger partial charge >= 0.3 is 12.2 Å². The number of nitrogens with zero attached hydrogens (tertiary/aromatic N) is 5. The molecule has 1 saturated carbocycles. The van der Waals surface area contributed by atoms with Crippen LogP contribution in [0.5, 0.6) is 0 Å². The summed E-state index contributed by atoms with van der Waals surface area (Å²) in [5.41, 5.74) is 9.01. The maximum absolute atomic E-state index is 13.7. The Morgan fingerprint density at radius 1 is 1.18 bits per heavy atom. The number of aromatic nitrogens is 5. The molecule has 0 atom stereocenters. The summed E-state index contributed by atoms with van der Waals surface area (Å²) in [6.45, 7) is 1.92. The molecule has 6 rings (SSSR count). The van der Waals surface area contributed by atoms with Crippen LogP contribution in [0.4, 0.5) is 29.5 Å². The molecule has 3 N–H and O–H groups in total. The summed E-state index contributed by atoms with van der Waals surface area (Å²) >= 11 is 0. The molecule has 12 heteroatoms. The van der Waals surface area contributed by atoms with Crippen molar-refractivity contribution in [2.24, 2.45) is 5.73 Å². The highest BCUT2D eigenvalue weighted by molar-refractivity contribution is 6.06. The molecule has 9 nitrogen and oxygen atoms in total. The number of carbonyl (C=O) groups excluding carboxylic acids is 1. The zero-order valence-electron chi connectivity index (χ0n) is 20.2. The molecule has 2 aromatic carbocycles. The topological polar surface area (TPSA) is 119 Å². The van der Waals surface area contributed by atoms with E-state index in [2.05, 4.69) is 20.5 Å². The molecule has 3 heterocycles. The van der Waals surface area contributed by atoms with Crippen molar-refractivity contribution in [2.75, 3.05) is 4.90 Å². The van der Waals surface area contributed by atoms with Crippen LogP contribution in [0.25, 0.3) is 22.2 Å². The molecule has 0 unspecified atom stereocenters. The fourth-order valence-electron chi connectivity index (χ4n) is 4.69. The number of carbonyl (C=O) groups is 1. The Hall–Kier alpha value is -4.61. The van der Waals surface area contributed by atoms with Crippen molar-refractivity contribution < 1.29 is 22.4 Å². The van der Waals surface area contributed by atoms with E-state index < -0.39 is 23.7 Å². The second-order valence-corrected chi connectivity index (χ2v) is 9.29. The molecule has 38 heavy (non-hydrogen) atoms. The Morgan fingerprint density at radius 3 is 2.63 bits per heavy atom. The van der Waals surface area contributed by atoms with Gasteiger partial charge in [-0.1, -0.05) is 41.6 Å². The number of halogens is 3. The lowest BCUT2D eigenvalue weighted by Gasteiger charge is -2.18. The van der Waals surface area contributed by atoms with E-state index in [1.165, 1.54) is 6.92 Å². The van der Waals surface area contributed by atoms with Gasteiger partial charge in [-0.15, -0.1) is 5.10 Å². The number of H-pyrrole nitrogens is 1. The normalized spacial score (nSPS) is 13.8. The number of amides is 2. The van der Waals surface area contributed by atoms with Gasteiger partial charge in [-0.2, -0.15) is 18.3 Å². The van der Waals surface area contributed by atoms with Gasteiger partial charge in [-0.25, -0.2) is 14.4 Å². The van der Waals surface area contributed by atoms with Gasteiger partial charge < -0.3 is 10.2 Å². The monoisotopic (exact) mass is 521 g/mol. The van der Waals surface area contributed by atoms with E-state index in [0.717, 1.165) is 30.2 Å². The molecule has 0 aliphatic heterocycles. The molecule has 5 aromatic rings. The van der Waals surface area contributed by atoms with Crippen molar-refractivity contribution >= 4 is 28.4 Å². The van der Waals surface area contributed by atoms with Crippen molar-refractivity contribution in [1.29, 1.82) is 0 Å². The molecule has 194 valence electrons. The number of hydrogen-bond acceptors (Lipinski definition) is 5. The van der Waals surface area contributed by atoms with Gasteiger partial charge in [0.25, 0.3) is 0 Å². The predicted molar refractivity (Wildman–Crippen MR) is 133 cm³/mol. The summed E-state index contributed by atoms with van der Waals surface area (Å²) < 4.78 is 47.8. The third kappa shape index (κ3) is 4.17. The molecule has 3 aromatic heterocycles. The third-order valence-electron chi connectivity index (χ3n) is 6.49. The molecule has 0 radical (unpaired) electrons. The fraction of sp³-hybridized carbons (Fsp3) is 0.231. The van der Waals surface area contributed by atoms with Gasteiger partial charge in [0, 0.05) is 22.9 Å². The highest BCUT2D eigenvalue weighted by Crippen LogP contribution is 2.45. The number of anilines is 2. The van der Waals surface area contributed by atoms with Crippen molar-refractivity contribution in [3.63, 3.8) is 0 Å². The van der Waals surface area contributed by atoms with E-state index in [0.29, 0.717) is 39.5 Å². The number of benzene rings is 2. The second-order valence-electron chi connectivity index (χ2n) is 9.29. The first-order valence-corrected chi connectivity index (χ1v) is 11.9. The van der Waals surface area contributed by atoms with Crippen LogP contribution in [-0.4, -0.2) is 31.2 Å². The Kier molecular flexibility index (Phi) is 5.47. The van der Waals surface area contributed by atoms with E-state index in [1.807, 2.05) is 41.1 Å².